The van der Waals surface area contributed by atoms with E-state index in [1.165, 1.54) is 12.6 Å². The topological polar surface area (TPSA) is 66.5 Å². The summed E-state index contributed by atoms with van der Waals surface area (Å²) in [7, 11) is -2.28. The first-order valence-electron chi connectivity index (χ1n) is 9.56. The molecule has 0 aliphatic heterocycles. The molecular weight excluding hydrogens is 372 g/mol. The van der Waals surface area contributed by atoms with Gasteiger partial charge in [0.15, 0.2) is 0 Å². The standard InChI is InChI=1S/C22H30N2O3S/c1-6-18-9-11-19(12-10-18)22(16(2)3)23-21(25)15-24(5)28(26,27)20-13-7-17(4)8-14-20/h7-14,16,22H,6,15H2,1-5H3,(H,23,25). The minimum atomic E-state index is -3.71. The van der Waals surface area contributed by atoms with Crippen LogP contribution in [0.3, 0.4) is 0 Å². The van der Waals surface area contributed by atoms with Crippen molar-refractivity contribution in [1.29, 1.82) is 0 Å². The molecule has 2 aromatic rings. The maximum absolute atomic E-state index is 12.7. The lowest BCUT2D eigenvalue weighted by molar-refractivity contribution is -0.122. The number of sulfonamides is 1. The molecule has 0 fully saturated rings. The van der Waals surface area contributed by atoms with Gasteiger partial charge >= 0.3 is 0 Å². The van der Waals surface area contributed by atoms with Gasteiger partial charge in [0.25, 0.3) is 0 Å². The SMILES string of the molecule is CCc1ccc(C(NC(=O)CN(C)S(=O)(=O)c2ccc(C)cc2)C(C)C)cc1. The van der Waals surface area contributed by atoms with Gasteiger partial charge in [-0.1, -0.05) is 62.7 Å². The van der Waals surface area contributed by atoms with E-state index in [1.54, 1.807) is 24.3 Å². The highest BCUT2D eigenvalue weighted by Crippen LogP contribution is 2.22. The van der Waals surface area contributed by atoms with E-state index in [0.717, 1.165) is 21.9 Å². The summed E-state index contributed by atoms with van der Waals surface area (Å²) in [5.74, 6) is -0.146. The van der Waals surface area contributed by atoms with Crippen LogP contribution in [0, 0.1) is 12.8 Å². The second-order valence-corrected chi connectivity index (χ2v) is 9.50. The van der Waals surface area contributed by atoms with E-state index in [4.69, 9.17) is 0 Å². The summed E-state index contributed by atoms with van der Waals surface area (Å²) < 4.78 is 26.5. The number of likely N-dealkylation sites (N-methyl/N-ethyl adjacent to an activating group) is 1. The van der Waals surface area contributed by atoms with Crippen LogP contribution >= 0.6 is 0 Å². The number of amides is 1. The molecule has 0 heterocycles. The van der Waals surface area contributed by atoms with Gasteiger partial charge in [0, 0.05) is 7.05 Å². The van der Waals surface area contributed by atoms with Crippen LogP contribution in [0.2, 0.25) is 0 Å². The molecule has 1 atom stereocenters. The van der Waals surface area contributed by atoms with Gasteiger partial charge in [-0.2, -0.15) is 4.31 Å². The summed E-state index contributed by atoms with van der Waals surface area (Å²) in [5, 5.41) is 2.99. The summed E-state index contributed by atoms with van der Waals surface area (Å²) in [6, 6.07) is 14.6. The molecule has 5 nitrogen and oxygen atoms in total. The predicted octanol–water partition coefficient (Wildman–Crippen LogP) is 3.69. The van der Waals surface area contributed by atoms with Crippen molar-refractivity contribution >= 4 is 15.9 Å². The van der Waals surface area contributed by atoms with Gasteiger partial charge in [0.2, 0.25) is 15.9 Å². The number of rotatable bonds is 8. The minimum absolute atomic E-state index is 0.172. The Hall–Kier alpha value is -2.18. The monoisotopic (exact) mass is 402 g/mol. The highest BCUT2D eigenvalue weighted by atomic mass is 32.2. The highest BCUT2D eigenvalue weighted by Gasteiger charge is 2.25. The Morgan fingerprint density at radius 3 is 2.11 bits per heavy atom. The first kappa shape index (κ1) is 22.1. The fraction of sp³-hybridized carbons (Fsp3) is 0.409. The molecule has 6 heteroatoms. The molecule has 1 amide bonds. The fourth-order valence-electron chi connectivity index (χ4n) is 2.99. The van der Waals surface area contributed by atoms with Crippen molar-refractivity contribution in [2.45, 2.75) is 45.1 Å². The van der Waals surface area contributed by atoms with Gasteiger partial charge in [0.1, 0.15) is 0 Å². The van der Waals surface area contributed by atoms with Gasteiger partial charge in [0.05, 0.1) is 17.5 Å². The van der Waals surface area contributed by atoms with Gasteiger partial charge in [-0.25, -0.2) is 8.42 Å². The second kappa shape index (κ2) is 9.34. The Morgan fingerprint density at radius 1 is 1.04 bits per heavy atom. The third kappa shape index (κ3) is 5.42. The number of carbonyl (C=O) groups excluding carboxylic acids is 1. The quantitative estimate of drug-likeness (QED) is 0.732. The summed E-state index contributed by atoms with van der Waals surface area (Å²) >= 11 is 0. The minimum Gasteiger partial charge on any atom is -0.348 e. The summed E-state index contributed by atoms with van der Waals surface area (Å²) in [6.07, 6.45) is 0.959. The van der Waals surface area contributed by atoms with Crippen molar-refractivity contribution in [1.82, 2.24) is 9.62 Å². The number of nitrogens with zero attached hydrogens (tertiary/aromatic N) is 1. The molecule has 2 aromatic carbocycles. The van der Waals surface area contributed by atoms with Crippen LogP contribution in [0.5, 0.6) is 0 Å². The third-order valence-electron chi connectivity index (χ3n) is 4.83. The number of benzene rings is 2. The summed E-state index contributed by atoms with van der Waals surface area (Å²) in [5.41, 5.74) is 3.24. The molecular formula is C22H30N2O3S. The molecule has 1 unspecified atom stereocenters. The van der Waals surface area contributed by atoms with Crippen LogP contribution in [0.1, 0.15) is 43.5 Å². The Labute approximate surface area is 168 Å². The molecule has 0 aromatic heterocycles. The average Bonchev–Trinajstić information content (AvgIpc) is 2.66. The van der Waals surface area contributed by atoms with Gasteiger partial charge in [-0.05, 0) is 42.5 Å². The van der Waals surface area contributed by atoms with Crippen LogP contribution < -0.4 is 5.32 Å². The van der Waals surface area contributed by atoms with Crippen molar-refractivity contribution in [3.05, 3.63) is 65.2 Å². The van der Waals surface area contributed by atoms with Crippen LogP contribution in [0.25, 0.3) is 0 Å². The average molecular weight is 403 g/mol. The molecule has 0 saturated carbocycles. The molecule has 0 aliphatic rings. The van der Waals surface area contributed by atoms with Crippen molar-refractivity contribution in [2.75, 3.05) is 13.6 Å². The van der Waals surface area contributed by atoms with Crippen molar-refractivity contribution in [3.8, 4) is 0 Å². The van der Waals surface area contributed by atoms with Crippen LogP contribution in [0.4, 0.5) is 0 Å². The second-order valence-electron chi connectivity index (χ2n) is 7.46. The molecule has 0 bridgehead atoms. The van der Waals surface area contributed by atoms with E-state index in [-0.39, 0.29) is 29.3 Å². The first-order chi connectivity index (χ1) is 13.1. The predicted molar refractivity (Wildman–Crippen MR) is 113 cm³/mol. The maximum atomic E-state index is 12.7. The zero-order valence-electron chi connectivity index (χ0n) is 17.3. The van der Waals surface area contributed by atoms with E-state index in [2.05, 4.69) is 24.4 Å². The van der Waals surface area contributed by atoms with Crippen molar-refractivity contribution < 1.29 is 13.2 Å². The molecule has 152 valence electrons. The number of carbonyl (C=O) groups is 1. The van der Waals surface area contributed by atoms with Crippen LogP contribution in [0.15, 0.2) is 53.4 Å². The van der Waals surface area contributed by atoms with Crippen LogP contribution in [-0.4, -0.2) is 32.2 Å². The molecule has 28 heavy (non-hydrogen) atoms. The number of nitrogens with one attached hydrogen (secondary N) is 1. The molecule has 0 saturated heterocycles. The van der Waals surface area contributed by atoms with E-state index in [1.807, 2.05) is 32.9 Å². The van der Waals surface area contributed by atoms with Crippen molar-refractivity contribution in [2.24, 2.45) is 5.92 Å². The fourth-order valence-corrected chi connectivity index (χ4v) is 4.12. The molecule has 0 spiro atoms. The maximum Gasteiger partial charge on any atom is 0.243 e. The van der Waals surface area contributed by atoms with E-state index < -0.39 is 10.0 Å². The zero-order valence-corrected chi connectivity index (χ0v) is 18.1. The molecule has 2 rings (SSSR count). The first-order valence-corrected chi connectivity index (χ1v) is 11.0. The van der Waals surface area contributed by atoms with Crippen LogP contribution in [-0.2, 0) is 21.2 Å². The van der Waals surface area contributed by atoms with Crippen molar-refractivity contribution in [3.63, 3.8) is 0 Å². The Bertz CT molecular complexity index is 888. The smallest absolute Gasteiger partial charge is 0.243 e. The highest BCUT2D eigenvalue weighted by molar-refractivity contribution is 7.89. The number of aryl methyl sites for hydroxylation is 2. The molecule has 0 radical (unpaired) electrons. The van der Waals surface area contributed by atoms with Gasteiger partial charge < -0.3 is 5.32 Å². The lowest BCUT2D eigenvalue weighted by Gasteiger charge is -2.25. The Morgan fingerprint density at radius 2 is 1.61 bits per heavy atom. The van der Waals surface area contributed by atoms with E-state index in [0.29, 0.717) is 0 Å². The third-order valence-corrected chi connectivity index (χ3v) is 6.64. The van der Waals surface area contributed by atoms with E-state index in [9.17, 15) is 13.2 Å². The normalized spacial score (nSPS) is 13.0. The number of hydrogen-bond donors (Lipinski definition) is 1. The van der Waals surface area contributed by atoms with Gasteiger partial charge in [-0.3, -0.25) is 4.79 Å². The Balaban J connectivity index is 2.10. The summed E-state index contributed by atoms with van der Waals surface area (Å²) in [4.78, 5) is 12.8. The lowest BCUT2D eigenvalue weighted by Crippen LogP contribution is -2.41. The van der Waals surface area contributed by atoms with Gasteiger partial charge in [-0.15, -0.1) is 0 Å². The Kier molecular flexibility index (Phi) is 7.38. The zero-order chi connectivity index (χ0) is 20.9. The molecule has 1 N–H and O–H groups in total. The largest absolute Gasteiger partial charge is 0.348 e. The lowest BCUT2D eigenvalue weighted by atomic mass is 9.95. The molecule has 0 aliphatic carbocycles. The number of hydrogen-bond acceptors (Lipinski definition) is 3. The summed E-state index contributed by atoms with van der Waals surface area (Å²) in [6.45, 7) is 7.83. The van der Waals surface area contributed by atoms with E-state index >= 15 is 0 Å².